The van der Waals surface area contributed by atoms with Crippen molar-refractivity contribution in [3.05, 3.63) is 96.0 Å². The van der Waals surface area contributed by atoms with Crippen LogP contribution >= 0.6 is 11.8 Å². The summed E-state index contributed by atoms with van der Waals surface area (Å²) in [6.45, 7) is 3.18. The first-order valence-electron chi connectivity index (χ1n) is 19.4. The number of nitrogens with one attached hydrogen (secondary N) is 3. The Hall–Kier alpha value is -6.88. The van der Waals surface area contributed by atoms with Crippen molar-refractivity contribution in [1.29, 1.82) is 0 Å². The second-order valence-corrected chi connectivity index (χ2v) is 15.8. The summed E-state index contributed by atoms with van der Waals surface area (Å²) in [5.74, 6) is -1.26. The van der Waals surface area contributed by atoms with Crippen molar-refractivity contribution in [2.75, 3.05) is 57.7 Å². The maximum Gasteiger partial charge on any atom is 0.407 e. The van der Waals surface area contributed by atoms with E-state index in [1.165, 1.54) is 21.3 Å². The predicted octanol–water partition coefficient (Wildman–Crippen LogP) is 4.71. The summed E-state index contributed by atoms with van der Waals surface area (Å²) in [4.78, 5) is 58.7. The Morgan fingerprint density at radius 1 is 1.08 bits per heavy atom. The summed E-state index contributed by atoms with van der Waals surface area (Å²) >= 11 is 1.06. The lowest BCUT2D eigenvalue weighted by Gasteiger charge is -2.37. The zero-order chi connectivity index (χ0) is 45.0. The lowest BCUT2D eigenvalue weighted by molar-refractivity contribution is -0.118. The van der Waals surface area contributed by atoms with Gasteiger partial charge in [0.05, 0.1) is 39.3 Å². The molecule has 3 aromatic heterocycles. The first-order valence-corrected chi connectivity index (χ1v) is 20.3. The van der Waals surface area contributed by atoms with Gasteiger partial charge in [0.1, 0.15) is 40.0 Å². The Kier molecular flexibility index (Phi) is 13.1. The highest BCUT2D eigenvalue weighted by atomic mass is 32.2. The van der Waals surface area contributed by atoms with E-state index in [2.05, 4.69) is 47.7 Å². The van der Waals surface area contributed by atoms with Crippen LogP contribution < -0.4 is 25.6 Å². The molecule has 3 atom stereocenters. The number of hydrogen-bond acceptors (Lipinski definition) is 14. The molecule has 63 heavy (non-hydrogen) atoms. The van der Waals surface area contributed by atoms with Crippen LogP contribution in [0, 0.1) is 11.6 Å². The maximum absolute atomic E-state index is 15.5. The van der Waals surface area contributed by atoms with Crippen LogP contribution in [0.1, 0.15) is 24.0 Å². The minimum atomic E-state index is -1.50. The lowest BCUT2D eigenvalue weighted by atomic mass is 10.0. The number of urea groups is 1. The van der Waals surface area contributed by atoms with Gasteiger partial charge in [-0.05, 0) is 36.6 Å². The number of carbonyl (C=O) groups excluding carboxylic acids is 3. The molecule has 0 aliphatic carbocycles. The third kappa shape index (κ3) is 9.33. The van der Waals surface area contributed by atoms with Gasteiger partial charge in [-0.15, -0.1) is 5.10 Å². The van der Waals surface area contributed by atoms with Crippen LogP contribution in [-0.2, 0) is 33.3 Å². The molecule has 0 spiro atoms. The molecule has 5 heterocycles. The summed E-state index contributed by atoms with van der Waals surface area (Å²) in [5, 5.41) is 19.3. The lowest BCUT2D eigenvalue weighted by Crippen LogP contribution is -2.47. The molecule has 0 bridgehead atoms. The number of rotatable bonds is 15. The number of anilines is 3. The van der Waals surface area contributed by atoms with Gasteiger partial charge in [-0.3, -0.25) is 14.3 Å². The molecule has 0 unspecified atom stereocenters. The van der Waals surface area contributed by atoms with Crippen molar-refractivity contribution in [1.82, 2.24) is 50.0 Å². The number of aromatic nitrogens is 6. The largest absolute Gasteiger partial charge is 0.478 e. The third-order valence-corrected chi connectivity index (χ3v) is 11.6. The minimum Gasteiger partial charge on any atom is -0.478 e. The molecule has 5 aromatic rings. The van der Waals surface area contributed by atoms with Gasteiger partial charge in [-0.1, -0.05) is 48.7 Å². The summed E-state index contributed by atoms with van der Waals surface area (Å²) in [7, 11) is 7.68. The average molecular weight is 892 g/mol. The quantitative estimate of drug-likeness (QED) is 0.0743. The fourth-order valence-corrected chi connectivity index (χ4v) is 8.35. The Morgan fingerprint density at radius 3 is 2.60 bits per heavy atom. The highest BCUT2D eigenvalue weighted by Crippen LogP contribution is 2.51. The van der Waals surface area contributed by atoms with E-state index in [-0.39, 0.29) is 54.6 Å². The molecule has 4 amide bonds. The van der Waals surface area contributed by atoms with Gasteiger partial charge in [0.15, 0.2) is 17.0 Å². The van der Waals surface area contributed by atoms with Crippen LogP contribution in [0.4, 0.5) is 40.2 Å². The monoisotopic (exact) mass is 891 g/mol. The van der Waals surface area contributed by atoms with Gasteiger partial charge in [0.2, 0.25) is 11.9 Å². The van der Waals surface area contributed by atoms with Gasteiger partial charge >= 0.3 is 12.1 Å². The smallest absolute Gasteiger partial charge is 0.407 e. The normalized spacial score (nSPS) is 18.3. The SMILES string of the molecule is C=C(COC(=O)NCCC[C@@]1(c2ccccc2)SC(c2cc(F)ccc2F)=NN1C(=O)N(C)OC)C(=O)N[C@@H]1CN(c2nc(Nc3cn(C)nc3OC)c3ncn(C)c3n2)C[C@H]1F. The number of alkyl carbamates (subject to hydrolysis) is 1. The summed E-state index contributed by atoms with van der Waals surface area (Å²) < 4.78 is 58.7. The van der Waals surface area contributed by atoms with E-state index in [0.29, 0.717) is 34.1 Å². The Balaban J connectivity index is 0.944. The number of methoxy groups -OCH3 is 1. The fourth-order valence-electron chi connectivity index (χ4n) is 6.93. The highest BCUT2D eigenvalue weighted by Gasteiger charge is 2.50. The van der Waals surface area contributed by atoms with E-state index in [0.717, 1.165) is 40.0 Å². The number of fused-ring (bicyclic) bond motifs is 1. The molecule has 2 aromatic carbocycles. The molecular formula is C40H44F3N13O6S. The van der Waals surface area contributed by atoms with Crippen molar-refractivity contribution in [2.45, 2.75) is 29.9 Å². The van der Waals surface area contributed by atoms with Gasteiger partial charge in [0.25, 0.3) is 5.88 Å². The van der Waals surface area contributed by atoms with E-state index in [4.69, 9.17) is 14.3 Å². The van der Waals surface area contributed by atoms with Crippen molar-refractivity contribution < 1.29 is 41.9 Å². The van der Waals surface area contributed by atoms with E-state index in [1.807, 2.05) is 0 Å². The maximum atomic E-state index is 15.5. The van der Waals surface area contributed by atoms with Crippen molar-refractivity contribution >= 4 is 63.5 Å². The zero-order valence-electron chi connectivity index (χ0n) is 34.8. The zero-order valence-corrected chi connectivity index (χ0v) is 35.7. The molecule has 7 rings (SSSR count). The number of imidazole rings is 1. The van der Waals surface area contributed by atoms with Crippen molar-refractivity contribution in [3.8, 4) is 5.88 Å². The fraction of sp³-hybridized carbons (Fsp3) is 0.350. The topological polar surface area (TPSA) is 198 Å². The van der Waals surface area contributed by atoms with Crippen LogP contribution in [-0.4, -0.2) is 122 Å². The number of alkyl halides is 1. The van der Waals surface area contributed by atoms with E-state index in [1.54, 1.807) is 71.1 Å². The van der Waals surface area contributed by atoms with Crippen molar-refractivity contribution in [2.24, 2.45) is 19.2 Å². The average Bonchev–Trinajstić information content (AvgIpc) is 4.06. The first-order chi connectivity index (χ1) is 30.2. The number of aryl methyl sites for hydroxylation is 2. The molecular weight excluding hydrogens is 848 g/mol. The van der Waals surface area contributed by atoms with Crippen molar-refractivity contribution in [3.63, 3.8) is 0 Å². The number of carbonyl (C=O) groups is 3. The number of amides is 4. The number of hydrazone groups is 1. The second-order valence-electron chi connectivity index (χ2n) is 14.5. The molecule has 19 nitrogen and oxygen atoms in total. The summed E-state index contributed by atoms with van der Waals surface area (Å²) in [5.41, 5.74) is 1.85. The molecule has 2 aliphatic heterocycles. The minimum absolute atomic E-state index is 0.0256. The second kappa shape index (κ2) is 18.6. The number of halogens is 3. The third-order valence-electron chi connectivity index (χ3n) is 10.2. The number of thioether (sulfide) groups is 1. The number of hydrogen-bond donors (Lipinski definition) is 3. The Bertz CT molecular complexity index is 2560. The molecule has 1 fully saturated rings. The number of nitrogens with zero attached hydrogens (tertiary/aromatic N) is 10. The highest BCUT2D eigenvalue weighted by molar-refractivity contribution is 8.15. The predicted molar refractivity (Wildman–Crippen MR) is 227 cm³/mol. The van der Waals surface area contributed by atoms with Gasteiger partial charge in [0, 0.05) is 45.4 Å². The van der Waals surface area contributed by atoms with Gasteiger partial charge < -0.3 is 34.9 Å². The molecule has 0 saturated carbocycles. The van der Waals surface area contributed by atoms with Gasteiger partial charge in [-0.25, -0.2) is 32.8 Å². The number of ether oxygens (including phenoxy) is 2. The molecule has 332 valence electrons. The Morgan fingerprint density at radius 2 is 1.86 bits per heavy atom. The molecule has 1 saturated heterocycles. The number of benzene rings is 2. The van der Waals surface area contributed by atoms with Crippen LogP contribution in [0.25, 0.3) is 11.2 Å². The van der Waals surface area contributed by atoms with Crippen LogP contribution in [0.15, 0.2) is 78.3 Å². The van der Waals surface area contributed by atoms with Gasteiger partial charge in [-0.2, -0.15) is 20.1 Å². The summed E-state index contributed by atoms with van der Waals surface area (Å²) in [6, 6.07) is 10.2. The molecule has 2 aliphatic rings. The molecule has 3 N–H and O–H groups in total. The van der Waals surface area contributed by atoms with Crippen LogP contribution in [0.2, 0.25) is 0 Å². The van der Waals surface area contributed by atoms with Crippen LogP contribution in [0.3, 0.4) is 0 Å². The van der Waals surface area contributed by atoms with E-state index in [9.17, 15) is 18.8 Å². The van der Waals surface area contributed by atoms with E-state index < -0.39 is 53.4 Å². The first kappa shape index (κ1) is 44.2. The van der Waals surface area contributed by atoms with Crippen LogP contribution in [0.5, 0.6) is 5.88 Å². The number of hydroxylamine groups is 2. The standard InChI is InChI=1S/C40H44F3N13O6S/c1-23(34(57)47-29-20-55(18-28(29)43)37-48-32(31-33(49-37)52(2)22-45-31)46-30-19-53(3)50-35(30)60-5)21-62-38(58)44-16-10-15-40(24-11-8-7-9-12-24)56(39(59)54(4)61-6)51-36(63-40)26-17-25(41)13-14-27(26)42/h7-9,11-14,17,19,22,28-29H,1,10,15-16,18,20-21H2,2-6H3,(H,44,58)(H,47,57)(H,46,48,49)/t28-,29-,40+/m1/s1. The molecule has 23 heteroatoms. The van der Waals surface area contributed by atoms with E-state index >= 15 is 8.78 Å². The summed E-state index contributed by atoms with van der Waals surface area (Å²) in [6.07, 6.45) is 1.34. The Labute approximate surface area is 363 Å². The molecule has 0 radical (unpaired) electrons.